The molecule has 1 aliphatic carbocycles. The van der Waals surface area contributed by atoms with Gasteiger partial charge in [0, 0.05) is 11.1 Å². The summed E-state index contributed by atoms with van der Waals surface area (Å²) in [5.41, 5.74) is 0.473. The van der Waals surface area contributed by atoms with Crippen LogP contribution >= 0.6 is 0 Å². The van der Waals surface area contributed by atoms with Gasteiger partial charge in [-0.2, -0.15) is 0 Å². The molecular formula is C17H22N2O4S. The van der Waals surface area contributed by atoms with Gasteiger partial charge in [0.25, 0.3) is 11.5 Å². The molecule has 2 heterocycles. The van der Waals surface area contributed by atoms with Crippen LogP contribution in [0, 0.1) is 5.92 Å². The summed E-state index contributed by atoms with van der Waals surface area (Å²) < 4.78 is 22.7. The third kappa shape index (κ3) is 3.77. The quantitative estimate of drug-likeness (QED) is 0.867. The van der Waals surface area contributed by atoms with Crippen LogP contribution in [0.15, 0.2) is 28.4 Å². The second-order valence-corrected chi connectivity index (χ2v) is 8.78. The first-order valence-electron chi connectivity index (χ1n) is 8.29. The van der Waals surface area contributed by atoms with E-state index in [1.165, 1.54) is 12.1 Å². The van der Waals surface area contributed by atoms with Crippen LogP contribution in [0.1, 0.15) is 54.6 Å². The lowest BCUT2D eigenvalue weighted by Gasteiger charge is -2.26. The van der Waals surface area contributed by atoms with E-state index in [-0.39, 0.29) is 11.3 Å². The molecule has 1 aliphatic heterocycles. The maximum atomic E-state index is 12.2. The van der Waals surface area contributed by atoms with Crippen molar-refractivity contribution in [2.45, 2.75) is 44.6 Å². The highest BCUT2D eigenvalue weighted by Gasteiger charge is 2.25. The van der Waals surface area contributed by atoms with Crippen LogP contribution in [0.5, 0.6) is 0 Å². The van der Waals surface area contributed by atoms with Gasteiger partial charge in [-0.1, -0.05) is 19.8 Å². The van der Waals surface area contributed by atoms with E-state index < -0.39 is 27.3 Å². The molecule has 7 heteroatoms. The van der Waals surface area contributed by atoms with Crippen molar-refractivity contribution in [2.75, 3.05) is 5.75 Å². The van der Waals surface area contributed by atoms with Gasteiger partial charge >= 0.3 is 0 Å². The highest BCUT2D eigenvalue weighted by Crippen LogP contribution is 2.34. The highest BCUT2D eigenvalue weighted by molar-refractivity contribution is 7.94. The molecule has 1 aromatic heterocycles. The third-order valence-electron chi connectivity index (χ3n) is 4.88. The molecule has 0 radical (unpaired) electrons. The van der Waals surface area contributed by atoms with Crippen molar-refractivity contribution in [3.05, 3.63) is 45.2 Å². The minimum atomic E-state index is -3.24. The van der Waals surface area contributed by atoms with E-state index in [0.29, 0.717) is 5.92 Å². The third-order valence-corrected chi connectivity index (χ3v) is 6.27. The summed E-state index contributed by atoms with van der Waals surface area (Å²) in [6, 6.07) is 2.76. The van der Waals surface area contributed by atoms with Crippen LogP contribution in [0.3, 0.4) is 0 Å². The summed E-state index contributed by atoms with van der Waals surface area (Å²) in [5.74, 6) is 0.365. The fourth-order valence-corrected chi connectivity index (χ4v) is 4.62. The fraction of sp³-hybridized carbons (Fsp3) is 0.529. The zero-order valence-electron chi connectivity index (χ0n) is 13.6. The number of aromatic amines is 1. The molecular weight excluding hydrogens is 328 g/mol. The SMILES string of the molecule is C[C@H]1CC[C@@H](c2ccc(C(=O)N[C@@H]3C=CS(=O)(=O)C3)c(=O)[nH]2)CC1. The number of rotatable bonds is 3. The van der Waals surface area contributed by atoms with Crippen LogP contribution in [-0.4, -0.2) is 31.1 Å². The van der Waals surface area contributed by atoms with Crippen molar-refractivity contribution in [3.63, 3.8) is 0 Å². The first kappa shape index (κ1) is 17.0. The van der Waals surface area contributed by atoms with Gasteiger partial charge < -0.3 is 10.3 Å². The molecule has 0 unspecified atom stereocenters. The Bertz CT molecular complexity index is 817. The number of carbonyl (C=O) groups excluding carboxylic acids is 1. The van der Waals surface area contributed by atoms with Gasteiger partial charge in [-0.05, 0) is 42.9 Å². The van der Waals surface area contributed by atoms with Crippen LogP contribution in [0.2, 0.25) is 0 Å². The molecule has 130 valence electrons. The first-order chi connectivity index (χ1) is 11.3. The van der Waals surface area contributed by atoms with Crippen molar-refractivity contribution in [1.82, 2.24) is 10.3 Å². The van der Waals surface area contributed by atoms with Crippen LogP contribution in [0.25, 0.3) is 0 Å². The van der Waals surface area contributed by atoms with E-state index in [1.54, 1.807) is 6.07 Å². The predicted octanol–water partition coefficient (Wildman–Crippen LogP) is 1.71. The van der Waals surface area contributed by atoms with Crippen LogP contribution in [0.4, 0.5) is 0 Å². The smallest absolute Gasteiger partial charge is 0.261 e. The Morgan fingerprint density at radius 3 is 2.50 bits per heavy atom. The van der Waals surface area contributed by atoms with Crippen molar-refractivity contribution in [2.24, 2.45) is 5.92 Å². The normalized spacial score (nSPS) is 28.6. The van der Waals surface area contributed by atoms with E-state index in [9.17, 15) is 18.0 Å². The molecule has 0 spiro atoms. The Morgan fingerprint density at radius 1 is 1.21 bits per heavy atom. The molecule has 24 heavy (non-hydrogen) atoms. The lowest BCUT2D eigenvalue weighted by Crippen LogP contribution is -2.38. The number of pyridine rings is 1. The van der Waals surface area contributed by atoms with Gasteiger partial charge in [-0.3, -0.25) is 9.59 Å². The van der Waals surface area contributed by atoms with E-state index in [1.807, 2.05) is 0 Å². The lowest BCUT2D eigenvalue weighted by molar-refractivity contribution is 0.0946. The number of H-pyrrole nitrogens is 1. The van der Waals surface area contributed by atoms with E-state index >= 15 is 0 Å². The van der Waals surface area contributed by atoms with Gasteiger partial charge in [0.15, 0.2) is 9.84 Å². The van der Waals surface area contributed by atoms with Gasteiger partial charge in [-0.15, -0.1) is 0 Å². The number of amides is 1. The average Bonchev–Trinajstić information content (AvgIpc) is 2.86. The Morgan fingerprint density at radius 2 is 1.92 bits per heavy atom. The second kappa shape index (κ2) is 6.55. The maximum absolute atomic E-state index is 12.2. The van der Waals surface area contributed by atoms with Crippen molar-refractivity contribution < 1.29 is 13.2 Å². The number of nitrogens with one attached hydrogen (secondary N) is 2. The van der Waals surface area contributed by atoms with Gasteiger partial charge in [0.05, 0.1) is 11.8 Å². The number of hydrogen-bond donors (Lipinski definition) is 2. The summed E-state index contributed by atoms with van der Waals surface area (Å²) in [4.78, 5) is 27.3. The largest absolute Gasteiger partial charge is 0.345 e. The number of carbonyl (C=O) groups is 1. The lowest BCUT2D eigenvalue weighted by atomic mass is 9.81. The molecule has 1 amide bonds. The first-order valence-corrected chi connectivity index (χ1v) is 10.0. The number of sulfone groups is 1. The van der Waals surface area contributed by atoms with Crippen LogP contribution in [-0.2, 0) is 9.84 Å². The molecule has 1 atom stereocenters. The maximum Gasteiger partial charge on any atom is 0.261 e. The number of aromatic nitrogens is 1. The molecule has 1 saturated carbocycles. The molecule has 1 aromatic rings. The van der Waals surface area contributed by atoms with E-state index in [0.717, 1.165) is 42.7 Å². The second-order valence-electron chi connectivity index (χ2n) is 6.85. The molecule has 0 bridgehead atoms. The number of hydrogen-bond acceptors (Lipinski definition) is 4. The van der Waals surface area contributed by atoms with Crippen LogP contribution < -0.4 is 10.9 Å². The zero-order valence-corrected chi connectivity index (χ0v) is 14.4. The topological polar surface area (TPSA) is 96.1 Å². The summed E-state index contributed by atoms with van der Waals surface area (Å²) in [6.07, 6.45) is 5.83. The molecule has 3 rings (SSSR count). The van der Waals surface area contributed by atoms with Crippen molar-refractivity contribution in [1.29, 1.82) is 0 Å². The Hall–Kier alpha value is -1.89. The van der Waals surface area contributed by atoms with E-state index in [2.05, 4.69) is 17.2 Å². The minimum absolute atomic E-state index is 0.0145. The average molecular weight is 350 g/mol. The standard InChI is InChI=1S/C17H22N2O4S/c1-11-2-4-12(5-3-11)15-7-6-14(17(21)19-15)16(20)18-13-8-9-24(22,23)10-13/h6-9,11-13H,2-5,10H2,1H3,(H,18,20)(H,19,21)/t11-,12+,13-/m1/s1. The minimum Gasteiger partial charge on any atom is -0.345 e. The molecule has 2 N–H and O–H groups in total. The Balaban J connectivity index is 1.70. The molecule has 0 saturated heterocycles. The van der Waals surface area contributed by atoms with E-state index in [4.69, 9.17) is 0 Å². The molecule has 0 aromatic carbocycles. The Labute approximate surface area is 141 Å². The summed E-state index contributed by atoms with van der Waals surface area (Å²) in [5, 5.41) is 3.66. The van der Waals surface area contributed by atoms with Gasteiger partial charge in [-0.25, -0.2) is 8.42 Å². The monoisotopic (exact) mass is 350 g/mol. The summed E-state index contributed by atoms with van der Waals surface area (Å²) in [6.45, 7) is 2.24. The van der Waals surface area contributed by atoms with Crippen molar-refractivity contribution >= 4 is 15.7 Å². The molecule has 1 fully saturated rings. The van der Waals surface area contributed by atoms with Gasteiger partial charge in [0.1, 0.15) is 5.56 Å². The van der Waals surface area contributed by atoms with Crippen molar-refractivity contribution in [3.8, 4) is 0 Å². The zero-order chi connectivity index (χ0) is 17.3. The fourth-order valence-electron chi connectivity index (χ4n) is 3.39. The summed E-state index contributed by atoms with van der Waals surface area (Å²) >= 11 is 0. The highest BCUT2D eigenvalue weighted by atomic mass is 32.2. The molecule has 6 nitrogen and oxygen atoms in total. The Kier molecular flexibility index (Phi) is 4.62. The predicted molar refractivity (Wildman–Crippen MR) is 91.6 cm³/mol. The summed E-state index contributed by atoms with van der Waals surface area (Å²) in [7, 11) is -3.24. The van der Waals surface area contributed by atoms with Gasteiger partial charge in [0.2, 0.25) is 0 Å². The molecule has 2 aliphatic rings.